The molecule has 0 aliphatic heterocycles. The van der Waals surface area contributed by atoms with Gasteiger partial charge in [-0.2, -0.15) is 0 Å². The van der Waals surface area contributed by atoms with Gasteiger partial charge in [-0.05, 0) is 16.8 Å². The molecule has 88 valence electrons. The van der Waals surface area contributed by atoms with E-state index < -0.39 is 5.97 Å². The van der Waals surface area contributed by atoms with E-state index in [1.165, 1.54) is 0 Å². The van der Waals surface area contributed by atoms with E-state index in [-0.39, 0.29) is 24.5 Å². The molecule has 0 spiro atoms. The van der Waals surface area contributed by atoms with E-state index in [1.54, 1.807) is 24.3 Å². The molecule has 0 aliphatic carbocycles. The summed E-state index contributed by atoms with van der Waals surface area (Å²) >= 11 is 0. The predicted molar refractivity (Wildman–Crippen MR) is 63.5 cm³/mol. The minimum atomic E-state index is -1.03. The summed E-state index contributed by atoms with van der Waals surface area (Å²) in [5.74, 6) is -0.750. The molecule has 0 heterocycles. The second kappa shape index (κ2) is 4.84. The van der Waals surface area contributed by atoms with Crippen molar-refractivity contribution in [2.24, 2.45) is 0 Å². The third-order valence-electron chi connectivity index (χ3n) is 2.45. The smallest absolute Gasteiger partial charge is 0.340 e. The average Bonchev–Trinajstić information content (AvgIpc) is 2.35. The van der Waals surface area contributed by atoms with E-state index in [4.69, 9.17) is 9.84 Å². The van der Waals surface area contributed by atoms with Crippen molar-refractivity contribution < 1.29 is 19.7 Å². The quantitative estimate of drug-likeness (QED) is 0.845. The van der Waals surface area contributed by atoms with Crippen LogP contribution >= 0.6 is 0 Å². The van der Waals surface area contributed by atoms with Crippen molar-refractivity contribution in [1.29, 1.82) is 0 Å². The maximum Gasteiger partial charge on any atom is 0.340 e. The third-order valence-corrected chi connectivity index (χ3v) is 2.45. The predicted octanol–water partition coefficient (Wildman–Crippen LogP) is 1.91. The highest BCUT2D eigenvalue weighted by molar-refractivity contribution is 6.06. The van der Waals surface area contributed by atoms with E-state index in [0.29, 0.717) is 5.39 Å². The van der Waals surface area contributed by atoms with Crippen molar-refractivity contribution >= 4 is 16.7 Å². The van der Waals surface area contributed by atoms with Gasteiger partial charge in [0.2, 0.25) is 0 Å². The summed E-state index contributed by atoms with van der Waals surface area (Å²) in [6.45, 7) is -0.0650. The Hall–Kier alpha value is -2.07. The van der Waals surface area contributed by atoms with Gasteiger partial charge in [0.25, 0.3) is 0 Å². The number of hydrogen-bond donors (Lipinski definition) is 2. The molecule has 0 amide bonds. The first-order chi connectivity index (χ1) is 8.24. The summed E-state index contributed by atoms with van der Waals surface area (Å²) in [4.78, 5) is 11.3. The first-order valence-corrected chi connectivity index (χ1v) is 5.22. The second-order valence-corrected chi connectivity index (χ2v) is 3.54. The fourth-order valence-electron chi connectivity index (χ4n) is 1.75. The van der Waals surface area contributed by atoms with E-state index in [2.05, 4.69) is 0 Å². The lowest BCUT2D eigenvalue weighted by molar-refractivity contribution is 0.0693. The average molecular weight is 232 g/mol. The number of ether oxygens (including phenoxy) is 1. The number of aromatic carboxylic acids is 1. The van der Waals surface area contributed by atoms with Crippen LogP contribution in [0.5, 0.6) is 5.75 Å². The summed E-state index contributed by atoms with van der Waals surface area (Å²) in [6, 6.07) is 10.6. The molecule has 4 heteroatoms. The molecule has 0 bridgehead atoms. The lowest BCUT2D eigenvalue weighted by Crippen LogP contribution is -2.07. The van der Waals surface area contributed by atoms with Crippen LogP contribution in [0.25, 0.3) is 10.8 Å². The molecule has 0 aliphatic rings. The topological polar surface area (TPSA) is 66.8 Å². The summed E-state index contributed by atoms with van der Waals surface area (Å²) in [7, 11) is 0. The Morgan fingerprint density at radius 2 is 1.94 bits per heavy atom. The van der Waals surface area contributed by atoms with Gasteiger partial charge in [-0.3, -0.25) is 0 Å². The number of hydrogen-bond acceptors (Lipinski definition) is 3. The zero-order chi connectivity index (χ0) is 12.3. The Bertz CT molecular complexity index is 548. The first kappa shape index (κ1) is 11.4. The number of carboxylic acid groups (broad SMARTS) is 1. The maximum atomic E-state index is 11.3. The number of benzene rings is 2. The molecule has 0 aromatic heterocycles. The molecule has 2 aromatic rings. The van der Waals surface area contributed by atoms with Gasteiger partial charge in [-0.1, -0.05) is 30.3 Å². The van der Waals surface area contributed by atoms with E-state index in [0.717, 1.165) is 5.39 Å². The van der Waals surface area contributed by atoms with Crippen LogP contribution in [0.2, 0.25) is 0 Å². The molecule has 2 rings (SSSR count). The van der Waals surface area contributed by atoms with Crippen LogP contribution in [0.4, 0.5) is 0 Å². The second-order valence-electron chi connectivity index (χ2n) is 3.54. The molecule has 0 atom stereocenters. The molecule has 0 fully saturated rings. The van der Waals surface area contributed by atoms with Crippen molar-refractivity contribution in [3.05, 3.63) is 42.0 Å². The molecular weight excluding hydrogens is 220 g/mol. The molecule has 0 saturated carbocycles. The van der Waals surface area contributed by atoms with Crippen LogP contribution in [0.3, 0.4) is 0 Å². The fourth-order valence-corrected chi connectivity index (χ4v) is 1.75. The van der Waals surface area contributed by atoms with Crippen LogP contribution in [0, 0.1) is 0 Å². The number of carboxylic acids is 1. The number of carbonyl (C=O) groups is 1. The van der Waals surface area contributed by atoms with E-state index in [1.807, 2.05) is 12.1 Å². The zero-order valence-electron chi connectivity index (χ0n) is 9.09. The van der Waals surface area contributed by atoms with Crippen LogP contribution in [-0.2, 0) is 0 Å². The normalized spacial score (nSPS) is 10.4. The summed E-state index contributed by atoms with van der Waals surface area (Å²) in [5, 5.41) is 19.4. The van der Waals surface area contributed by atoms with Gasteiger partial charge in [0.05, 0.1) is 6.61 Å². The molecule has 17 heavy (non-hydrogen) atoms. The number of aliphatic hydroxyl groups is 1. The molecule has 0 unspecified atom stereocenters. The van der Waals surface area contributed by atoms with Gasteiger partial charge in [-0.15, -0.1) is 0 Å². The van der Waals surface area contributed by atoms with Crippen LogP contribution in [-0.4, -0.2) is 29.4 Å². The summed E-state index contributed by atoms with van der Waals surface area (Å²) in [5.41, 5.74) is 0.136. The van der Waals surface area contributed by atoms with Crippen molar-refractivity contribution in [1.82, 2.24) is 0 Å². The number of rotatable bonds is 4. The van der Waals surface area contributed by atoms with Gasteiger partial charge in [-0.25, -0.2) is 4.79 Å². The molecule has 2 aromatic carbocycles. The minimum Gasteiger partial charge on any atom is -0.490 e. The standard InChI is InChI=1S/C13H12O4/c14-7-8-17-11-6-5-9-3-1-2-4-10(9)12(11)13(15)16/h1-6,14H,7-8H2,(H,15,16). The van der Waals surface area contributed by atoms with Gasteiger partial charge >= 0.3 is 5.97 Å². The van der Waals surface area contributed by atoms with E-state index >= 15 is 0 Å². The highest BCUT2D eigenvalue weighted by Crippen LogP contribution is 2.27. The largest absolute Gasteiger partial charge is 0.490 e. The first-order valence-electron chi connectivity index (χ1n) is 5.22. The van der Waals surface area contributed by atoms with Crippen molar-refractivity contribution in [3.8, 4) is 5.75 Å². The van der Waals surface area contributed by atoms with Crippen molar-refractivity contribution in [2.45, 2.75) is 0 Å². The van der Waals surface area contributed by atoms with Crippen LogP contribution in [0.15, 0.2) is 36.4 Å². The summed E-state index contributed by atoms with van der Waals surface area (Å²) < 4.78 is 5.22. The molecule has 0 radical (unpaired) electrons. The van der Waals surface area contributed by atoms with Crippen molar-refractivity contribution in [2.75, 3.05) is 13.2 Å². The maximum absolute atomic E-state index is 11.3. The SMILES string of the molecule is O=C(O)c1c(OCCO)ccc2ccccc12. The van der Waals surface area contributed by atoms with Crippen molar-refractivity contribution in [3.63, 3.8) is 0 Å². The number of fused-ring (bicyclic) bond motifs is 1. The molecule has 4 nitrogen and oxygen atoms in total. The molecule has 2 N–H and O–H groups in total. The van der Waals surface area contributed by atoms with Gasteiger partial charge in [0, 0.05) is 0 Å². The minimum absolute atomic E-state index is 0.0820. The Balaban J connectivity index is 2.60. The van der Waals surface area contributed by atoms with Gasteiger partial charge < -0.3 is 14.9 Å². The summed E-state index contributed by atoms with van der Waals surface area (Å²) in [6.07, 6.45) is 0. The van der Waals surface area contributed by atoms with Crippen LogP contribution < -0.4 is 4.74 Å². The highest BCUT2D eigenvalue weighted by atomic mass is 16.5. The molecule has 0 saturated heterocycles. The van der Waals surface area contributed by atoms with E-state index in [9.17, 15) is 9.90 Å². The Kier molecular flexibility index (Phi) is 3.25. The monoisotopic (exact) mass is 232 g/mol. The Morgan fingerprint density at radius 1 is 1.18 bits per heavy atom. The third kappa shape index (κ3) is 2.21. The zero-order valence-corrected chi connectivity index (χ0v) is 9.09. The number of aliphatic hydroxyl groups excluding tert-OH is 1. The molecular formula is C13H12O4. The lowest BCUT2D eigenvalue weighted by Gasteiger charge is -2.10. The Morgan fingerprint density at radius 3 is 2.65 bits per heavy atom. The fraction of sp³-hybridized carbons (Fsp3) is 0.154. The van der Waals surface area contributed by atoms with Gasteiger partial charge in [0.1, 0.15) is 17.9 Å². The lowest BCUT2D eigenvalue weighted by atomic mass is 10.0. The highest BCUT2D eigenvalue weighted by Gasteiger charge is 2.15. The van der Waals surface area contributed by atoms with Gasteiger partial charge in [0.15, 0.2) is 0 Å². The Labute approximate surface area is 98.1 Å². The van der Waals surface area contributed by atoms with Crippen LogP contribution in [0.1, 0.15) is 10.4 Å².